The summed E-state index contributed by atoms with van der Waals surface area (Å²) in [7, 11) is 0. The number of nitrogens with zero attached hydrogens (tertiary/aromatic N) is 1. The molecule has 0 amide bonds. The first-order chi connectivity index (χ1) is 13.2. The van der Waals surface area contributed by atoms with Crippen LogP contribution >= 0.6 is 11.6 Å². The predicted octanol–water partition coefficient (Wildman–Crippen LogP) is 5.12. The molecular weight excluding hydrogens is 360 g/mol. The summed E-state index contributed by atoms with van der Waals surface area (Å²) in [6.45, 7) is 0.463. The van der Waals surface area contributed by atoms with Crippen molar-refractivity contribution in [1.29, 1.82) is 0 Å². The lowest BCUT2D eigenvalue weighted by Gasteiger charge is -2.27. The molecule has 0 aliphatic heterocycles. The van der Waals surface area contributed by atoms with Gasteiger partial charge in [0.25, 0.3) is 0 Å². The van der Waals surface area contributed by atoms with E-state index in [1.807, 2.05) is 48.5 Å². The zero-order valence-corrected chi connectivity index (χ0v) is 15.9. The van der Waals surface area contributed by atoms with Crippen LogP contribution in [0.4, 0.5) is 0 Å². The van der Waals surface area contributed by atoms with E-state index >= 15 is 0 Å². The van der Waals surface area contributed by atoms with Crippen LogP contribution in [0.1, 0.15) is 31.2 Å². The number of hydrogen-bond acceptors (Lipinski definition) is 4. The van der Waals surface area contributed by atoms with Gasteiger partial charge in [-0.15, -0.1) is 0 Å². The molecule has 0 saturated heterocycles. The fourth-order valence-electron chi connectivity index (χ4n) is 3.46. The second-order valence-electron chi connectivity index (χ2n) is 7.05. The lowest BCUT2D eigenvalue weighted by Crippen LogP contribution is -2.31. The van der Waals surface area contributed by atoms with E-state index in [9.17, 15) is 0 Å². The molecule has 0 radical (unpaired) electrons. The van der Waals surface area contributed by atoms with Crippen molar-refractivity contribution >= 4 is 22.4 Å². The van der Waals surface area contributed by atoms with Crippen molar-refractivity contribution in [3.63, 3.8) is 0 Å². The van der Waals surface area contributed by atoms with Crippen molar-refractivity contribution < 1.29 is 9.47 Å². The van der Waals surface area contributed by atoms with Crippen molar-refractivity contribution in [3.8, 4) is 11.6 Å². The lowest BCUT2D eigenvalue weighted by molar-refractivity contribution is 0.147. The first-order valence-electron chi connectivity index (χ1n) is 9.36. The summed E-state index contributed by atoms with van der Waals surface area (Å²) in [6, 6.07) is 16.1. The molecule has 0 unspecified atom stereocenters. The van der Waals surface area contributed by atoms with Gasteiger partial charge in [0.15, 0.2) is 0 Å². The van der Waals surface area contributed by atoms with Gasteiger partial charge in [0.2, 0.25) is 5.88 Å². The monoisotopic (exact) mass is 382 g/mol. The van der Waals surface area contributed by atoms with Crippen LogP contribution in [-0.2, 0) is 6.61 Å². The SMILES string of the molecule is NC1CCC(Oc2cc3ccnc(OCc4ccccc4)c3cc2Cl)CC1. The molecule has 1 saturated carbocycles. The fraction of sp³-hybridized carbons (Fsp3) is 0.318. The Morgan fingerprint density at radius 1 is 1.04 bits per heavy atom. The Morgan fingerprint density at radius 3 is 2.59 bits per heavy atom. The first-order valence-corrected chi connectivity index (χ1v) is 9.74. The summed E-state index contributed by atoms with van der Waals surface area (Å²) in [5, 5.41) is 2.46. The third-order valence-corrected chi connectivity index (χ3v) is 5.31. The number of halogens is 1. The van der Waals surface area contributed by atoms with Crippen LogP contribution in [0.3, 0.4) is 0 Å². The third-order valence-electron chi connectivity index (χ3n) is 5.01. The molecule has 2 aromatic carbocycles. The van der Waals surface area contributed by atoms with Gasteiger partial charge in [-0.2, -0.15) is 0 Å². The smallest absolute Gasteiger partial charge is 0.221 e. The first kappa shape index (κ1) is 18.1. The standard InChI is InChI=1S/C22H23ClN2O2/c23-20-13-19-16(12-21(20)27-18-8-6-17(24)7-9-18)10-11-25-22(19)26-14-15-4-2-1-3-5-15/h1-5,10-13,17-18H,6-9,14,24H2. The molecule has 3 aromatic rings. The van der Waals surface area contributed by atoms with Crippen molar-refractivity contribution in [2.45, 2.75) is 44.4 Å². The molecule has 0 atom stereocenters. The Kier molecular flexibility index (Phi) is 5.46. The number of ether oxygens (including phenoxy) is 2. The van der Waals surface area contributed by atoms with Crippen molar-refractivity contribution in [2.24, 2.45) is 5.73 Å². The second-order valence-corrected chi connectivity index (χ2v) is 7.46. The molecule has 0 spiro atoms. The summed E-state index contributed by atoms with van der Waals surface area (Å²) >= 11 is 6.51. The third kappa shape index (κ3) is 4.34. The molecule has 1 aliphatic carbocycles. The van der Waals surface area contributed by atoms with Crippen LogP contribution in [-0.4, -0.2) is 17.1 Å². The number of aromatic nitrogens is 1. The Hall–Kier alpha value is -2.30. The minimum Gasteiger partial charge on any atom is -0.489 e. The van der Waals surface area contributed by atoms with E-state index in [2.05, 4.69) is 4.98 Å². The molecule has 4 rings (SSSR count). The van der Waals surface area contributed by atoms with Gasteiger partial charge in [-0.3, -0.25) is 0 Å². The fourth-order valence-corrected chi connectivity index (χ4v) is 3.67. The number of hydrogen-bond donors (Lipinski definition) is 1. The van der Waals surface area contributed by atoms with Crippen LogP contribution in [0.5, 0.6) is 11.6 Å². The zero-order valence-electron chi connectivity index (χ0n) is 15.1. The molecule has 1 heterocycles. The van der Waals surface area contributed by atoms with Gasteiger partial charge in [0.1, 0.15) is 12.4 Å². The molecule has 1 fully saturated rings. The van der Waals surface area contributed by atoms with Gasteiger partial charge >= 0.3 is 0 Å². The van der Waals surface area contributed by atoms with Crippen LogP contribution in [0.2, 0.25) is 5.02 Å². The number of benzene rings is 2. The topological polar surface area (TPSA) is 57.4 Å². The Balaban J connectivity index is 1.54. The largest absolute Gasteiger partial charge is 0.489 e. The van der Waals surface area contributed by atoms with Crippen molar-refractivity contribution in [1.82, 2.24) is 4.98 Å². The van der Waals surface area contributed by atoms with Gasteiger partial charge in [-0.1, -0.05) is 41.9 Å². The molecule has 140 valence electrons. The Labute approximate surface area is 164 Å². The maximum absolute atomic E-state index is 6.51. The highest BCUT2D eigenvalue weighted by Crippen LogP contribution is 2.35. The highest BCUT2D eigenvalue weighted by Gasteiger charge is 2.21. The van der Waals surface area contributed by atoms with E-state index in [1.54, 1.807) is 6.20 Å². The molecule has 4 nitrogen and oxygen atoms in total. The maximum atomic E-state index is 6.51. The van der Waals surface area contributed by atoms with Gasteiger partial charge in [-0.25, -0.2) is 4.98 Å². The average molecular weight is 383 g/mol. The average Bonchev–Trinajstić information content (AvgIpc) is 2.69. The van der Waals surface area contributed by atoms with E-state index in [-0.39, 0.29) is 6.10 Å². The van der Waals surface area contributed by atoms with Crippen LogP contribution in [0.25, 0.3) is 10.8 Å². The molecule has 5 heteroatoms. The summed E-state index contributed by atoms with van der Waals surface area (Å²) in [6.07, 6.45) is 5.86. The normalized spacial score (nSPS) is 19.8. The van der Waals surface area contributed by atoms with E-state index in [0.717, 1.165) is 42.0 Å². The number of pyridine rings is 1. The van der Waals surface area contributed by atoms with Gasteiger partial charge in [0, 0.05) is 17.6 Å². The van der Waals surface area contributed by atoms with Gasteiger partial charge in [-0.05, 0) is 54.8 Å². The summed E-state index contributed by atoms with van der Waals surface area (Å²) in [5.41, 5.74) is 7.07. The molecule has 1 aliphatic rings. The van der Waals surface area contributed by atoms with E-state index in [0.29, 0.717) is 29.3 Å². The Bertz CT molecular complexity index is 909. The van der Waals surface area contributed by atoms with Gasteiger partial charge < -0.3 is 15.2 Å². The highest BCUT2D eigenvalue weighted by atomic mass is 35.5. The van der Waals surface area contributed by atoms with Crippen molar-refractivity contribution in [2.75, 3.05) is 0 Å². The molecule has 27 heavy (non-hydrogen) atoms. The van der Waals surface area contributed by atoms with E-state index < -0.39 is 0 Å². The molecule has 1 aromatic heterocycles. The Morgan fingerprint density at radius 2 is 1.81 bits per heavy atom. The zero-order chi connectivity index (χ0) is 18.6. The molecule has 0 bridgehead atoms. The van der Waals surface area contributed by atoms with Gasteiger partial charge in [0.05, 0.1) is 11.1 Å². The summed E-state index contributed by atoms with van der Waals surface area (Å²) in [4.78, 5) is 4.38. The van der Waals surface area contributed by atoms with Crippen molar-refractivity contribution in [3.05, 3.63) is 65.3 Å². The van der Waals surface area contributed by atoms with E-state index in [1.165, 1.54) is 0 Å². The van der Waals surface area contributed by atoms with Crippen LogP contribution in [0.15, 0.2) is 54.7 Å². The number of nitrogens with two attached hydrogens (primary N) is 1. The van der Waals surface area contributed by atoms with E-state index in [4.69, 9.17) is 26.8 Å². The number of rotatable bonds is 5. The lowest BCUT2D eigenvalue weighted by atomic mass is 9.94. The quantitative estimate of drug-likeness (QED) is 0.665. The van der Waals surface area contributed by atoms with Crippen LogP contribution in [0, 0.1) is 0 Å². The highest BCUT2D eigenvalue weighted by molar-refractivity contribution is 6.33. The predicted molar refractivity (Wildman–Crippen MR) is 108 cm³/mol. The summed E-state index contributed by atoms with van der Waals surface area (Å²) in [5.74, 6) is 1.29. The second kappa shape index (κ2) is 8.15. The molecule has 2 N–H and O–H groups in total. The summed E-state index contributed by atoms with van der Waals surface area (Å²) < 4.78 is 12.1. The maximum Gasteiger partial charge on any atom is 0.221 e. The minimum absolute atomic E-state index is 0.176. The molecular formula is C22H23ClN2O2. The van der Waals surface area contributed by atoms with Crippen LogP contribution < -0.4 is 15.2 Å². The number of fused-ring (bicyclic) bond motifs is 1. The minimum atomic E-state index is 0.176.